The molecule has 0 saturated carbocycles. The lowest BCUT2D eigenvalue weighted by Gasteiger charge is -2.15. The van der Waals surface area contributed by atoms with Gasteiger partial charge >= 0.3 is 6.18 Å². The summed E-state index contributed by atoms with van der Waals surface area (Å²) < 4.78 is 40.4. The van der Waals surface area contributed by atoms with E-state index in [2.05, 4.69) is 9.72 Å². The molecule has 0 fully saturated rings. The van der Waals surface area contributed by atoms with Gasteiger partial charge in [0.05, 0.1) is 10.4 Å². The second kappa shape index (κ2) is 3.73. The van der Waals surface area contributed by atoms with Gasteiger partial charge < -0.3 is 4.74 Å². The molecule has 0 radical (unpaired) electrons. The van der Waals surface area contributed by atoms with Crippen LogP contribution in [0, 0.1) is 0 Å². The first kappa shape index (κ1) is 9.97. The Hall–Kier alpha value is -1.11. The molecule has 1 heterocycles. The molecule has 1 rings (SSSR count). The zero-order chi connectivity index (χ0) is 9.90. The van der Waals surface area contributed by atoms with E-state index in [0.29, 0.717) is 0 Å². The molecule has 0 aliphatic heterocycles. The molecular formula is C6H4F3NO2S. The van der Waals surface area contributed by atoms with E-state index in [0.717, 1.165) is 17.5 Å². The molecule has 0 spiro atoms. The van der Waals surface area contributed by atoms with E-state index >= 15 is 0 Å². The Morgan fingerprint density at radius 3 is 2.69 bits per heavy atom. The Morgan fingerprint density at radius 2 is 2.31 bits per heavy atom. The van der Waals surface area contributed by atoms with Gasteiger partial charge in [0.1, 0.15) is 0 Å². The summed E-state index contributed by atoms with van der Waals surface area (Å²) in [7, 11) is 0. The lowest BCUT2D eigenvalue weighted by molar-refractivity contribution is -0.216. The van der Waals surface area contributed by atoms with Crippen LogP contribution in [0.15, 0.2) is 11.7 Å². The van der Waals surface area contributed by atoms with Gasteiger partial charge in [-0.25, -0.2) is 0 Å². The predicted molar refractivity (Wildman–Crippen MR) is 38.1 cm³/mol. The van der Waals surface area contributed by atoms with Crippen molar-refractivity contribution < 1.29 is 22.7 Å². The van der Waals surface area contributed by atoms with E-state index in [1.165, 1.54) is 5.51 Å². The minimum absolute atomic E-state index is 0.139. The lowest BCUT2D eigenvalue weighted by Crippen LogP contribution is -2.22. The quantitative estimate of drug-likeness (QED) is 0.717. The summed E-state index contributed by atoms with van der Waals surface area (Å²) in [5, 5.41) is 0. The van der Waals surface area contributed by atoms with E-state index in [1.54, 1.807) is 0 Å². The summed E-state index contributed by atoms with van der Waals surface area (Å²) in [6.07, 6.45) is -5.77. The van der Waals surface area contributed by atoms with Gasteiger partial charge in [-0.3, -0.25) is 9.78 Å². The van der Waals surface area contributed by atoms with Crippen molar-refractivity contribution in [1.29, 1.82) is 0 Å². The SMILES string of the molecule is O=COC(c1cncs1)C(F)(F)F. The number of aromatic nitrogens is 1. The Balaban J connectivity index is 2.86. The van der Waals surface area contributed by atoms with Gasteiger partial charge in [0.15, 0.2) is 0 Å². The van der Waals surface area contributed by atoms with Crippen molar-refractivity contribution in [2.75, 3.05) is 0 Å². The fourth-order valence-corrected chi connectivity index (χ4v) is 1.39. The highest BCUT2D eigenvalue weighted by atomic mass is 32.1. The normalized spacial score (nSPS) is 13.8. The third-order valence-corrected chi connectivity index (χ3v) is 2.02. The van der Waals surface area contributed by atoms with Gasteiger partial charge in [-0.15, -0.1) is 11.3 Å². The smallest absolute Gasteiger partial charge is 0.430 e. The Bertz CT molecular complexity index is 272. The molecule has 0 aliphatic carbocycles. The topological polar surface area (TPSA) is 39.2 Å². The van der Waals surface area contributed by atoms with Crippen LogP contribution >= 0.6 is 11.3 Å². The standard InChI is InChI=1S/C6H4F3NO2S/c7-6(8,9)5(12-3-11)4-1-10-2-13-4/h1-3,5H. The molecule has 1 unspecified atom stereocenters. The molecule has 7 heteroatoms. The van der Waals surface area contributed by atoms with Crippen LogP contribution in [-0.2, 0) is 9.53 Å². The van der Waals surface area contributed by atoms with E-state index in [-0.39, 0.29) is 11.3 Å². The number of hydrogen-bond acceptors (Lipinski definition) is 4. The first-order valence-corrected chi connectivity index (χ1v) is 3.98. The maximum Gasteiger partial charge on any atom is 0.430 e. The molecule has 0 amide bonds. The van der Waals surface area contributed by atoms with Crippen LogP contribution in [0.1, 0.15) is 11.0 Å². The van der Waals surface area contributed by atoms with Gasteiger partial charge in [-0.1, -0.05) is 0 Å². The summed E-state index contributed by atoms with van der Waals surface area (Å²) in [6.45, 7) is -0.224. The van der Waals surface area contributed by atoms with Gasteiger partial charge in [-0.05, 0) is 0 Å². The van der Waals surface area contributed by atoms with Crippen molar-refractivity contribution in [2.24, 2.45) is 0 Å². The number of alkyl halides is 3. The summed E-state index contributed by atoms with van der Waals surface area (Å²) in [4.78, 5) is 13.1. The van der Waals surface area contributed by atoms with Crippen LogP contribution in [0.2, 0.25) is 0 Å². The molecule has 72 valence electrons. The second-order valence-corrected chi connectivity index (χ2v) is 2.98. The number of halogens is 3. The first-order valence-electron chi connectivity index (χ1n) is 3.10. The second-order valence-electron chi connectivity index (χ2n) is 2.06. The minimum Gasteiger partial charge on any atom is -0.449 e. The van der Waals surface area contributed by atoms with Crippen LogP contribution in [-0.4, -0.2) is 17.6 Å². The van der Waals surface area contributed by atoms with E-state index in [1.807, 2.05) is 0 Å². The van der Waals surface area contributed by atoms with Crippen LogP contribution < -0.4 is 0 Å². The molecule has 13 heavy (non-hydrogen) atoms. The fourth-order valence-electron chi connectivity index (χ4n) is 0.716. The molecular weight excluding hydrogens is 207 g/mol. The summed E-state index contributed by atoms with van der Waals surface area (Å²) >= 11 is 0.783. The number of thiazole rings is 1. The van der Waals surface area contributed by atoms with Crippen molar-refractivity contribution in [3.63, 3.8) is 0 Å². The van der Waals surface area contributed by atoms with Crippen molar-refractivity contribution >= 4 is 17.8 Å². The zero-order valence-corrected chi connectivity index (χ0v) is 6.93. The monoisotopic (exact) mass is 211 g/mol. The Morgan fingerprint density at radius 1 is 1.62 bits per heavy atom. The van der Waals surface area contributed by atoms with Crippen LogP contribution in [0.5, 0.6) is 0 Å². The number of hydrogen-bond donors (Lipinski definition) is 0. The molecule has 0 N–H and O–H groups in total. The van der Waals surface area contributed by atoms with Gasteiger partial charge in [-0.2, -0.15) is 13.2 Å². The Kier molecular flexibility index (Phi) is 2.86. The van der Waals surface area contributed by atoms with Gasteiger partial charge in [0, 0.05) is 6.20 Å². The van der Waals surface area contributed by atoms with E-state index in [4.69, 9.17) is 0 Å². The molecule has 0 saturated heterocycles. The summed E-state index contributed by atoms with van der Waals surface area (Å²) in [5.74, 6) is 0. The van der Waals surface area contributed by atoms with Crippen molar-refractivity contribution in [3.8, 4) is 0 Å². The number of ether oxygens (including phenoxy) is 1. The zero-order valence-electron chi connectivity index (χ0n) is 6.12. The molecule has 3 nitrogen and oxygen atoms in total. The predicted octanol–water partition coefficient (Wildman–Crippen LogP) is 1.92. The average molecular weight is 211 g/mol. The molecule has 0 aromatic carbocycles. The van der Waals surface area contributed by atoms with Crippen molar-refractivity contribution in [1.82, 2.24) is 4.98 Å². The lowest BCUT2D eigenvalue weighted by atomic mass is 10.3. The van der Waals surface area contributed by atoms with Gasteiger partial charge in [0.2, 0.25) is 6.10 Å². The van der Waals surface area contributed by atoms with Crippen molar-refractivity contribution in [3.05, 3.63) is 16.6 Å². The van der Waals surface area contributed by atoms with Gasteiger partial charge in [0.25, 0.3) is 6.47 Å². The molecule has 0 bridgehead atoms. The average Bonchev–Trinajstić information content (AvgIpc) is 2.49. The Labute approximate surface area is 75.2 Å². The van der Waals surface area contributed by atoms with Crippen LogP contribution in [0.3, 0.4) is 0 Å². The molecule has 0 aliphatic rings. The van der Waals surface area contributed by atoms with E-state index in [9.17, 15) is 18.0 Å². The summed E-state index contributed by atoms with van der Waals surface area (Å²) in [5.41, 5.74) is 1.24. The number of rotatable bonds is 3. The first-order chi connectivity index (χ1) is 6.05. The molecule has 1 aromatic heterocycles. The number of nitrogens with zero attached hydrogens (tertiary/aromatic N) is 1. The summed E-state index contributed by atoms with van der Waals surface area (Å²) in [6, 6.07) is 0. The highest BCUT2D eigenvalue weighted by molar-refractivity contribution is 7.09. The molecule has 1 atom stereocenters. The highest BCUT2D eigenvalue weighted by Crippen LogP contribution is 2.36. The number of carbonyl (C=O) groups is 1. The van der Waals surface area contributed by atoms with Crippen LogP contribution in [0.25, 0.3) is 0 Å². The highest BCUT2D eigenvalue weighted by Gasteiger charge is 2.43. The van der Waals surface area contributed by atoms with Crippen LogP contribution in [0.4, 0.5) is 13.2 Å². The maximum absolute atomic E-state index is 12.2. The third-order valence-electron chi connectivity index (χ3n) is 1.20. The largest absolute Gasteiger partial charge is 0.449 e. The molecule has 1 aromatic rings. The van der Waals surface area contributed by atoms with Crippen molar-refractivity contribution in [2.45, 2.75) is 12.3 Å². The minimum atomic E-state index is -4.59. The number of carbonyl (C=O) groups excluding carboxylic acids is 1. The maximum atomic E-state index is 12.2. The van der Waals surface area contributed by atoms with E-state index < -0.39 is 12.3 Å². The fraction of sp³-hybridized carbons (Fsp3) is 0.333. The third kappa shape index (κ3) is 2.41.